The normalized spacial score (nSPS) is 24.2. The fraction of sp³-hybridized carbons (Fsp3) is 0.615. The monoisotopic (exact) mass is 341 g/mol. The number of nitrogens with zero attached hydrogens (tertiary/aromatic N) is 4. The second-order valence-corrected chi connectivity index (χ2v) is 7.58. The second-order valence-electron chi connectivity index (χ2n) is 6.00. The summed E-state index contributed by atoms with van der Waals surface area (Å²) in [5.41, 5.74) is 6.31. The van der Waals surface area contributed by atoms with Crippen LogP contribution in [0.1, 0.15) is 26.2 Å². The van der Waals surface area contributed by atoms with Crippen LogP contribution in [0.3, 0.4) is 0 Å². The molecule has 0 aromatic carbocycles. The molecule has 0 unspecified atom stereocenters. The Kier molecular flexibility index (Phi) is 4.14. The van der Waals surface area contributed by atoms with Crippen LogP contribution in [0.25, 0.3) is 11.2 Å². The maximum Gasteiger partial charge on any atom is 0.351 e. The van der Waals surface area contributed by atoms with Gasteiger partial charge in [0, 0.05) is 0 Å². The highest BCUT2D eigenvalue weighted by Gasteiger charge is 2.55. The lowest BCUT2D eigenvalue weighted by molar-refractivity contribution is 0.0274. The maximum absolute atomic E-state index is 11.1. The summed E-state index contributed by atoms with van der Waals surface area (Å²) in [7, 11) is -4.21. The highest BCUT2D eigenvalue weighted by atomic mass is 31.2. The van der Waals surface area contributed by atoms with E-state index in [0.29, 0.717) is 23.5 Å². The number of nitrogen functional groups attached to an aromatic ring is 1. The van der Waals surface area contributed by atoms with E-state index in [9.17, 15) is 4.57 Å². The second kappa shape index (κ2) is 5.83. The first kappa shape index (κ1) is 16.3. The van der Waals surface area contributed by atoms with Crippen LogP contribution in [-0.4, -0.2) is 41.3 Å². The molecule has 0 saturated heterocycles. The van der Waals surface area contributed by atoms with E-state index in [1.165, 1.54) is 6.33 Å². The number of aromatic nitrogens is 4. The van der Waals surface area contributed by atoms with Crippen molar-refractivity contribution >= 4 is 24.6 Å². The number of ether oxygens (including phenoxy) is 1. The molecule has 2 heterocycles. The van der Waals surface area contributed by atoms with E-state index in [2.05, 4.69) is 21.9 Å². The molecular formula is C13H20N5O4P. The van der Waals surface area contributed by atoms with Gasteiger partial charge in [0.1, 0.15) is 18.2 Å². The Balaban J connectivity index is 1.84. The minimum absolute atomic E-state index is 0.274. The van der Waals surface area contributed by atoms with E-state index in [1.807, 2.05) is 4.57 Å². The number of rotatable bonds is 7. The van der Waals surface area contributed by atoms with Gasteiger partial charge in [-0.1, -0.05) is 13.3 Å². The maximum atomic E-state index is 11.1. The smallest absolute Gasteiger partial charge is 0.351 e. The SMILES string of the molecule is CCC[C@@H]1C[C@@]1(Cn1cnc2c(N)ncnc21)OCP(=O)(O)O. The number of hydrogen-bond donors (Lipinski definition) is 3. The van der Waals surface area contributed by atoms with E-state index < -0.39 is 19.5 Å². The van der Waals surface area contributed by atoms with E-state index in [4.69, 9.17) is 20.3 Å². The molecule has 1 saturated carbocycles. The number of fused-ring (bicyclic) bond motifs is 1. The van der Waals surface area contributed by atoms with Crippen LogP contribution in [0.15, 0.2) is 12.7 Å². The summed E-state index contributed by atoms with van der Waals surface area (Å²) in [5.74, 6) is 0.579. The topological polar surface area (TPSA) is 136 Å². The van der Waals surface area contributed by atoms with E-state index in [1.54, 1.807) is 6.33 Å². The molecule has 0 radical (unpaired) electrons. The molecule has 1 aliphatic carbocycles. The average molecular weight is 341 g/mol. The Labute approximate surface area is 133 Å². The van der Waals surface area contributed by atoms with Gasteiger partial charge in [-0.2, -0.15) is 0 Å². The van der Waals surface area contributed by atoms with Gasteiger partial charge in [-0.15, -0.1) is 0 Å². The van der Waals surface area contributed by atoms with E-state index in [0.717, 1.165) is 19.3 Å². The quantitative estimate of drug-likeness (QED) is 0.637. The van der Waals surface area contributed by atoms with Crippen molar-refractivity contribution in [3.63, 3.8) is 0 Å². The van der Waals surface area contributed by atoms with Crippen molar-refractivity contribution in [2.45, 2.75) is 38.3 Å². The lowest BCUT2D eigenvalue weighted by Gasteiger charge is -2.20. The molecule has 1 fully saturated rings. The van der Waals surface area contributed by atoms with Crippen LogP contribution in [0, 0.1) is 5.92 Å². The number of hydrogen-bond acceptors (Lipinski definition) is 6. The standard InChI is InChI=1S/C13H20N5O4P/c1-2-3-9-4-13(9,22-8-23(19,20)21)5-18-7-17-10-11(14)15-6-16-12(10)18/h6-7,9H,2-5,8H2,1H3,(H2,14,15,16)(H2,19,20,21)/t9-,13+/m1/s1. The Bertz CT molecular complexity index is 760. The number of imidazole rings is 1. The van der Waals surface area contributed by atoms with Crippen molar-refractivity contribution < 1.29 is 19.1 Å². The summed E-state index contributed by atoms with van der Waals surface area (Å²) < 4.78 is 18.6. The van der Waals surface area contributed by atoms with Gasteiger partial charge >= 0.3 is 7.60 Å². The minimum Gasteiger partial charge on any atom is -0.382 e. The Hall–Kier alpha value is -1.54. The summed E-state index contributed by atoms with van der Waals surface area (Å²) in [6.45, 7) is 2.51. The van der Waals surface area contributed by atoms with Crippen molar-refractivity contribution in [2.24, 2.45) is 5.92 Å². The average Bonchev–Trinajstić information content (AvgIpc) is 2.97. The van der Waals surface area contributed by atoms with Crippen LogP contribution in [0.5, 0.6) is 0 Å². The van der Waals surface area contributed by atoms with Crippen LogP contribution >= 0.6 is 7.60 Å². The summed E-state index contributed by atoms with van der Waals surface area (Å²) in [5, 5.41) is 0. The molecule has 0 spiro atoms. The van der Waals surface area contributed by atoms with Crippen LogP contribution < -0.4 is 5.73 Å². The molecule has 0 bridgehead atoms. The largest absolute Gasteiger partial charge is 0.382 e. The number of anilines is 1. The third-order valence-corrected chi connectivity index (χ3v) is 4.67. The zero-order chi connectivity index (χ0) is 16.7. The van der Waals surface area contributed by atoms with Gasteiger partial charge in [0.25, 0.3) is 0 Å². The molecule has 2 aromatic heterocycles. The molecule has 0 amide bonds. The van der Waals surface area contributed by atoms with Crippen LogP contribution in [-0.2, 0) is 15.8 Å². The molecule has 3 rings (SSSR count). The third kappa shape index (κ3) is 3.37. The van der Waals surface area contributed by atoms with Gasteiger partial charge < -0.3 is 24.8 Å². The van der Waals surface area contributed by atoms with Gasteiger partial charge in [0.05, 0.1) is 18.5 Å². The first-order valence-corrected chi connectivity index (χ1v) is 9.24. The molecular weight excluding hydrogens is 321 g/mol. The lowest BCUT2D eigenvalue weighted by atomic mass is 10.1. The predicted octanol–water partition coefficient (Wildman–Crippen LogP) is 1.12. The highest BCUT2D eigenvalue weighted by molar-refractivity contribution is 7.51. The van der Waals surface area contributed by atoms with Gasteiger partial charge in [-0.3, -0.25) is 4.57 Å². The van der Waals surface area contributed by atoms with Gasteiger partial charge in [0.2, 0.25) is 0 Å². The fourth-order valence-electron chi connectivity index (χ4n) is 3.00. The highest BCUT2D eigenvalue weighted by Crippen LogP contribution is 2.53. The Morgan fingerprint density at radius 2 is 2.26 bits per heavy atom. The van der Waals surface area contributed by atoms with Gasteiger partial charge in [0.15, 0.2) is 11.5 Å². The molecule has 1 aliphatic rings. The Morgan fingerprint density at radius 3 is 2.96 bits per heavy atom. The summed E-state index contributed by atoms with van der Waals surface area (Å²) in [4.78, 5) is 30.5. The van der Waals surface area contributed by atoms with Crippen molar-refractivity contribution in [3.8, 4) is 0 Å². The van der Waals surface area contributed by atoms with Gasteiger partial charge in [-0.25, -0.2) is 15.0 Å². The summed E-state index contributed by atoms with van der Waals surface area (Å²) >= 11 is 0. The van der Waals surface area contributed by atoms with Gasteiger partial charge in [-0.05, 0) is 18.8 Å². The molecule has 10 heteroatoms. The van der Waals surface area contributed by atoms with E-state index >= 15 is 0 Å². The van der Waals surface area contributed by atoms with E-state index in [-0.39, 0.29) is 5.92 Å². The molecule has 0 aliphatic heterocycles. The third-order valence-electron chi connectivity index (χ3n) is 4.20. The van der Waals surface area contributed by atoms with Crippen LogP contribution in [0.4, 0.5) is 5.82 Å². The minimum atomic E-state index is -4.21. The van der Waals surface area contributed by atoms with Crippen molar-refractivity contribution in [1.82, 2.24) is 19.5 Å². The van der Waals surface area contributed by atoms with Crippen LogP contribution in [0.2, 0.25) is 0 Å². The molecule has 4 N–H and O–H groups in total. The summed E-state index contributed by atoms with van der Waals surface area (Å²) in [6, 6.07) is 0. The fourth-order valence-corrected chi connectivity index (χ4v) is 3.43. The van der Waals surface area contributed by atoms with Crippen molar-refractivity contribution in [1.29, 1.82) is 0 Å². The number of nitrogens with two attached hydrogens (primary N) is 1. The zero-order valence-electron chi connectivity index (χ0n) is 12.8. The predicted molar refractivity (Wildman–Crippen MR) is 83.5 cm³/mol. The first-order chi connectivity index (χ1) is 10.8. The summed E-state index contributed by atoms with van der Waals surface area (Å²) in [6.07, 6.45) is 5.11. The van der Waals surface area contributed by atoms with Crippen molar-refractivity contribution in [3.05, 3.63) is 12.7 Å². The molecule has 126 valence electrons. The lowest BCUT2D eigenvalue weighted by Crippen LogP contribution is -2.25. The molecule has 2 aromatic rings. The zero-order valence-corrected chi connectivity index (χ0v) is 13.7. The first-order valence-electron chi connectivity index (χ1n) is 7.44. The molecule has 9 nitrogen and oxygen atoms in total. The molecule has 2 atom stereocenters. The molecule has 23 heavy (non-hydrogen) atoms. The Morgan fingerprint density at radius 1 is 1.48 bits per heavy atom. The van der Waals surface area contributed by atoms with Crippen molar-refractivity contribution in [2.75, 3.05) is 12.1 Å².